The Bertz CT molecular complexity index is 946. The van der Waals surface area contributed by atoms with E-state index in [0.29, 0.717) is 5.96 Å². The first-order chi connectivity index (χ1) is 13.7. The molecule has 3 rings (SSSR count). The normalized spacial score (nSPS) is 11.4. The summed E-state index contributed by atoms with van der Waals surface area (Å²) in [5, 5.41) is 10.6. The molecule has 0 spiro atoms. The van der Waals surface area contributed by atoms with E-state index in [4.69, 9.17) is 0 Å². The first-order valence-electron chi connectivity index (χ1n) is 9.59. The van der Waals surface area contributed by atoms with Crippen LogP contribution < -0.4 is 16.0 Å². The second-order valence-corrected chi connectivity index (χ2v) is 6.65. The van der Waals surface area contributed by atoms with E-state index >= 15 is 0 Å². The number of nitrogens with zero attached hydrogens (tertiary/aromatic N) is 1. The number of H-pyrrole nitrogens is 1. The molecule has 0 aliphatic rings. The molecule has 0 radical (unpaired) electrons. The molecule has 1 heterocycles. The summed E-state index contributed by atoms with van der Waals surface area (Å²) in [5.41, 5.74) is 4.44. The molecule has 28 heavy (non-hydrogen) atoms. The number of aromatic nitrogens is 1. The number of amides is 1. The summed E-state index contributed by atoms with van der Waals surface area (Å²) in [6.07, 6.45) is 2.92. The number of carbonyl (C=O) groups excluding carboxylic acids is 1. The van der Waals surface area contributed by atoms with Crippen LogP contribution in [0.25, 0.3) is 10.9 Å². The predicted molar refractivity (Wildman–Crippen MR) is 116 cm³/mol. The number of benzene rings is 2. The second-order valence-electron chi connectivity index (χ2n) is 6.65. The zero-order chi connectivity index (χ0) is 19.8. The van der Waals surface area contributed by atoms with Gasteiger partial charge in [0.25, 0.3) is 0 Å². The van der Waals surface area contributed by atoms with E-state index in [1.807, 2.05) is 37.3 Å². The number of para-hydroxylation sites is 1. The fourth-order valence-corrected chi connectivity index (χ4v) is 3.04. The minimum Gasteiger partial charge on any atom is -0.361 e. The molecule has 1 aromatic heterocycles. The third-order valence-electron chi connectivity index (χ3n) is 4.39. The van der Waals surface area contributed by atoms with E-state index in [1.165, 1.54) is 16.5 Å². The van der Waals surface area contributed by atoms with Crippen LogP contribution in [0.15, 0.2) is 59.7 Å². The van der Waals surface area contributed by atoms with Crippen molar-refractivity contribution >= 4 is 28.5 Å². The lowest BCUT2D eigenvalue weighted by Crippen LogP contribution is -2.39. The molecule has 0 unspecified atom stereocenters. The van der Waals surface area contributed by atoms with E-state index < -0.39 is 0 Å². The van der Waals surface area contributed by atoms with Crippen LogP contribution in [0.4, 0.5) is 5.69 Å². The van der Waals surface area contributed by atoms with E-state index in [9.17, 15) is 4.79 Å². The Hall–Kier alpha value is -3.28. The highest BCUT2D eigenvalue weighted by atomic mass is 16.1. The van der Waals surface area contributed by atoms with E-state index in [-0.39, 0.29) is 12.5 Å². The molecular formula is C22H27N5O. The maximum absolute atomic E-state index is 12.1. The van der Waals surface area contributed by atoms with Crippen molar-refractivity contribution in [1.29, 1.82) is 0 Å². The molecule has 0 aliphatic heterocycles. The van der Waals surface area contributed by atoms with Crippen LogP contribution >= 0.6 is 0 Å². The van der Waals surface area contributed by atoms with E-state index in [2.05, 4.69) is 57.2 Å². The van der Waals surface area contributed by atoms with Crippen LogP contribution in [0, 0.1) is 6.92 Å². The monoisotopic (exact) mass is 377 g/mol. The standard InChI is InChI=1S/C22H27N5O/c1-3-23-22(26-15-21(28)27-18-7-5-4-6-8-18)24-12-11-17-14-25-20-13-16(2)9-10-19(17)20/h4-10,13-14,25H,3,11-12,15H2,1-2H3,(H,27,28)(H2,23,24,26). The fraction of sp³-hybridized carbons (Fsp3) is 0.273. The lowest BCUT2D eigenvalue weighted by atomic mass is 10.1. The van der Waals surface area contributed by atoms with Crippen LogP contribution in [-0.2, 0) is 11.2 Å². The van der Waals surface area contributed by atoms with Crippen molar-refractivity contribution in [3.05, 3.63) is 65.9 Å². The van der Waals surface area contributed by atoms with Gasteiger partial charge in [0.15, 0.2) is 5.96 Å². The topological polar surface area (TPSA) is 81.3 Å². The van der Waals surface area contributed by atoms with Crippen molar-refractivity contribution in [3.8, 4) is 0 Å². The van der Waals surface area contributed by atoms with Gasteiger partial charge in [-0.15, -0.1) is 0 Å². The summed E-state index contributed by atoms with van der Waals surface area (Å²) in [7, 11) is 0. The minimum atomic E-state index is -0.143. The molecule has 1 amide bonds. The highest BCUT2D eigenvalue weighted by Gasteiger charge is 2.06. The molecule has 0 aliphatic carbocycles. The molecule has 2 aromatic carbocycles. The van der Waals surface area contributed by atoms with Gasteiger partial charge in [-0.1, -0.05) is 30.3 Å². The average Bonchev–Trinajstić information content (AvgIpc) is 3.09. The van der Waals surface area contributed by atoms with Gasteiger partial charge in [-0.05, 0) is 49.6 Å². The third-order valence-corrected chi connectivity index (χ3v) is 4.39. The summed E-state index contributed by atoms with van der Waals surface area (Å²) < 4.78 is 0. The Labute approximate surface area is 165 Å². The van der Waals surface area contributed by atoms with Gasteiger partial charge in [0.05, 0.1) is 0 Å². The zero-order valence-electron chi connectivity index (χ0n) is 16.4. The summed E-state index contributed by atoms with van der Waals surface area (Å²) in [6, 6.07) is 15.8. The lowest BCUT2D eigenvalue weighted by molar-refractivity contribution is -0.114. The molecule has 0 fully saturated rings. The van der Waals surface area contributed by atoms with Crippen LogP contribution in [0.3, 0.4) is 0 Å². The molecule has 0 saturated heterocycles. The number of carbonyl (C=O) groups is 1. The van der Waals surface area contributed by atoms with E-state index in [0.717, 1.165) is 30.7 Å². The number of aliphatic imine (C=N–C) groups is 1. The third kappa shape index (κ3) is 5.36. The number of rotatable bonds is 7. The molecule has 3 aromatic rings. The van der Waals surface area contributed by atoms with Crippen molar-refractivity contribution in [2.45, 2.75) is 20.3 Å². The zero-order valence-corrected chi connectivity index (χ0v) is 16.4. The van der Waals surface area contributed by atoms with Gasteiger partial charge >= 0.3 is 0 Å². The molecule has 0 saturated carbocycles. The Morgan fingerprint density at radius 3 is 2.71 bits per heavy atom. The number of hydrogen-bond donors (Lipinski definition) is 4. The second kappa shape index (κ2) is 9.60. The number of anilines is 1. The number of aryl methyl sites for hydroxylation is 1. The number of guanidine groups is 1. The number of hydrogen-bond acceptors (Lipinski definition) is 2. The van der Waals surface area contributed by atoms with Gasteiger partial charge in [0.1, 0.15) is 6.54 Å². The first kappa shape index (κ1) is 19.5. The molecule has 6 nitrogen and oxygen atoms in total. The summed E-state index contributed by atoms with van der Waals surface area (Å²) in [6.45, 7) is 5.62. The van der Waals surface area contributed by atoms with Crippen LogP contribution in [-0.4, -0.2) is 36.5 Å². The molecular weight excluding hydrogens is 350 g/mol. The van der Waals surface area contributed by atoms with Crippen molar-refractivity contribution in [2.24, 2.45) is 4.99 Å². The molecule has 0 atom stereocenters. The number of aromatic amines is 1. The average molecular weight is 377 g/mol. The SMILES string of the molecule is CCNC(=NCC(=O)Nc1ccccc1)NCCc1c[nH]c2cc(C)ccc12. The predicted octanol–water partition coefficient (Wildman–Crippen LogP) is 3.21. The summed E-state index contributed by atoms with van der Waals surface area (Å²) in [4.78, 5) is 19.8. The lowest BCUT2D eigenvalue weighted by Gasteiger charge is -2.11. The van der Waals surface area contributed by atoms with Crippen molar-refractivity contribution in [3.63, 3.8) is 0 Å². The Balaban J connectivity index is 1.53. The Morgan fingerprint density at radius 2 is 1.93 bits per heavy atom. The maximum Gasteiger partial charge on any atom is 0.246 e. The molecule has 146 valence electrons. The Kier molecular flexibility index (Phi) is 6.68. The van der Waals surface area contributed by atoms with Gasteiger partial charge < -0.3 is 20.9 Å². The fourth-order valence-electron chi connectivity index (χ4n) is 3.04. The highest BCUT2D eigenvalue weighted by Crippen LogP contribution is 2.19. The molecule has 4 N–H and O–H groups in total. The highest BCUT2D eigenvalue weighted by molar-refractivity contribution is 5.94. The maximum atomic E-state index is 12.1. The molecule has 0 bridgehead atoms. The van der Waals surface area contributed by atoms with Gasteiger partial charge in [-0.3, -0.25) is 4.79 Å². The minimum absolute atomic E-state index is 0.0661. The van der Waals surface area contributed by atoms with Gasteiger partial charge in [0.2, 0.25) is 5.91 Å². The quantitative estimate of drug-likeness (QED) is 0.377. The van der Waals surface area contributed by atoms with Crippen LogP contribution in [0.5, 0.6) is 0 Å². The van der Waals surface area contributed by atoms with Crippen LogP contribution in [0.1, 0.15) is 18.1 Å². The summed E-state index contributed by atoms with van der Waals surface area (Å²) >= 11 is 0. The van der Waals surface area contributed by atoms with Gasteiger partial charge in [-0.25, -0.2) is 4.99 Å². The Morgan fingerprint density at radius 1 is 1.11 bits per heavy atom. The van der Waals surface area contributed by atoms with E-state index in [1.54, 1.807) is 0 Å². The van der Waals surface area contributed by atoms with Gasteiger partial charge in [-0.2, -0.15) is 0 Å². The van der Waals surface area contributed by atoms with Gasteiger partial charge in [0, 0.05) is 35.9 Å². The first-order valence-corrected chi connectivity index (χ1v) is 9.59. The van der Waals surface area contributed by atoms with Crippen molar-refractivity contribution in [2.75, 3.05) is 25.0 Å². The largest absolute Gasteiger partial charge is 0.361 e. The van der Waals surface area contributed by atoms with Crippen molar-refractivity contribution in [1.82, 2.24) is 15.6 Å². The van der Waals surface area contributed by atoms with Crippen molar-refractivity contribution < 1.29 is 4.79 Å². The number of fused-ring (bicyclic) bond motifs is 1. The summed E-state index contributed by atoms with van der Waals surface area (Å²) in [5.74, 6) is 0.497. The molecule has 6 heteroatoms. The van der Waals surface area contributed by atoms with Crippen LogP contribution in [0.2, 0.25) is 0 Å². The smallest absolute Gasteiger partial charge is 0.246 e. The number of nitrogens with one attached hydrogen (secondary N) is 4.